The van der Waals surface area contributed by atoms with E-state index >= 15 is 0 Å². The molecule has 0 saturated heterocycles. The Kier molecular flexibility index (Phi) is 7.33. The number of nitrogens with zero attached hydrogens (tertiary/aromatic N) is 1. The average Bonchev–Trinajstić information content (AvgIpc) is 2.96. The van der Waals surface area contributed by atoms with Crippen molar-refractivity contribution < 1.29 is 33.3 Å². The van der Waals surface area contributed by atoms with E-state index in [1.165, 1.54) is 0 Å². The largest absolute Gasteiger partial charge is 0.468 e. The predicted molar refractivity (Wildman–Crippen MR) is 142 cm³/mol. The minimum atomic E-state index is -1.62. The zero-order valence-electron chi connectivity index (χ0n) is 22.3. The molecule has 2 aromatic heterocycles. The van der Waals surface area contributed by atoms with Gasteiger partial charge < -0.3 is 29.2 Å². The molecule has 1 aromatic carbocycles. The van der Waals surface area contributed by atoms with Gasteiger partial charge in [0.15, 0.2) is 5.75 Å². The smallest absolute Gasteiger partial charge is 0.344 e. The van der Waals surface area contributed by atoms with Crippen molar-refractivity contribution in [3.05, 3.63) is 67.6 Å². The summed E-state index contributed by atoms with van der Waals surface area (Å²) in [6.45, 7) is 1.55. The lowest BCUT2D eigenvalue weighted by atomic mass is 9.87. The number of benzene rings is 1. The lowest BCUT2D eigenvalue weighted by Crippen LogP contribution is -2.42. The molecule has 3 heterocycles. The number of hydrogen-bond acceptors (Lipinski definition) is 10. The number of aromatic nitrogens is 2. The van der Waals surface area contributed by atoms with E-state index in [-0.39, 0.29) is 52.0 Å². The number of carbonyl (C=O) groups excluding carboxylic acids is 3. The molecule has 1 unspecified atom stereocenters. The highest BCUT2D eigenvalue weighted by atomic mass is 16.5. The Bertz CT molecular complexity index is 1680. The van der Waals surface area contributed by atoms with Crippen molar-refractivity contribution in [2.75, 3.05) is 20.8 Å². The summed E-state index contributed by atoms with van der Waals surface area (Å²) < 4.78 is 22.5. The first kappa shape index (κ1) is 27.0. The second kappa shape index (κ2) is 10.9. The standard InChI is InChI=1S/C28H29N3O9/c1-4-39-28(36)20-21-23(32)30-15-12-8-9-13-16(15)31(21)25(33)18-17(26(34)37-2)19(27(35)38-3)24(40-22(18)20)29-14-10-6-5-7-11-14/h8-9,12-14,17,29H,4-7,10-11H2,1-3H3,(H,30,32). The molecular weight excluding hydrogens is 522 g/mol. The highest BCUT2D eigenvalue weighted by molar-refractivity contribution is 6.05. The highest BCUT2D eigenvalue weighted by Crippen LogP contribution is 2.42. The van der Waals surface area contributed by atoms with Gasteiger partial charge >= 0.3 is 17.9 Å². The Morgan fingerprint density at radius 2 is 1.77 bits per heavy atom. The molecule has 1 aliphatic carbocycles. The summed E-state index contributed by atoms with van der Waals surface area (Å²) in [7, 11) is 2.26. The number of H-pyrrole nitrogens is 1. The number of rotatable bonds is 6. The van der Waals surface area contributed by atoms with E-state index in [1.54, 1.807) is 31.2 Å². The van der Waals surface area contributed by atoms with Crippen LogP contribution in [0, 0.1) is 0 Å². The average molecular weight is 552 g/mol. The Hall–Kier alpha value is -4.61. The van der Waals surface area contributed by atoms with E-state index in [1.807, 2.05) is 0 Å². The predicted octanol–water partition coefficient (Wildman–Crippen LogP) is 2.27. The van der Waals surface area contributed by atoms with Crippen LogP contribution in [-0.2, 0) is 23.8 Å². The Balaban J connectivity index is 1.91. The van der Waals surface area contributed by atoms with Crippen LogP contribution in [0.3, 0.4) is 0 Å². The van der Waals surface area contributed by atoms with Crippen molar-refractivity contribution in [1.29, 1.82) is 0 Å². The van der Waals surface area contributed by atoms with E-state index in [0.29, 0.717) is 5.52 Å². The van der Waals surface area contributed by atoms with Gasteiger partial charge in [0, 0.05) is 6.04 Å². The molecule has 0 radical (unpaired) electrons. The van der Waals surface area contributed by atoms with Crippen LogP contribution >= 0.6 is 0 Å². The van der Waals surface area contributed by atoms with Gasteiger partial charge in [0.25, 0.3) is 11.1 Å². The van der Waals surface area contributed by atoms with Crippen molar-refractivity contribution in [2.45, 2.75) is 51.0 Å². The number of carbonyl (C=O) groups is 3. The topological polar surface area (TPSA) is 154 Å². The SMILES string of the molecule is CCOC(=O)c1c2c(c(=O)n3c1c(=O)[nH]c1ccccc13)C(C(=O)OC)C(C(=O)OC)=C(NC1CCCCC1)O2. The van der Waals surface area contributed by atoms with Crippen LogP contribution in [0.15, 0.2) is 45.3 Å². The molecule has 0 amide bonds. The minimum absolute atomic E-state index is 0.0404. The van der Waals surface area contributed by atoms with Gasteiger partial charge in [0.1, 0.15) is 22.6 Å². The molecule has 3 aromatic rings. The molecule has 1 fully saturated rings. The first-order valence-corrected chi connectivity index (χ1v) is 13.1. The Morgan fingerprint density at radius 3 is 2.45 bits per heavy atom. The number of pyridine rings is 1. The summed E-state index contributed by atoms with van der Waals surface area (Å²) >= 11 is 0. The highest BCUT2D eigenvalue weighted by Gasteiger charge is 2.46. The number of ether oxygens (including phenoxy) is 4. The van der Waals surface area contributed by atoms with Crippen LogP contribution in [0.1, 0.15) is 60.9 Å². The molecule has 2 N–H and O–H groups in total. The van der Waals surface area contributed by atoms with E-state index in [9.17, 15) is 24.0 Å². The van der Waals surface area contributed by atoms with Crippen molar-refractivity contribution >= 4 is 34.5 Å². The monoisotopic (exact) mass is 551 g/mol. The van der Waals surface area contributed by atoms with Crippen LogP contribution < -0.4 is 21.2 Å². The van der Waals surface area contributed by atoms with Crippen molar-refractivity contribution in [3.63, 3.8) is 0 Å². The first-order valence-electron chi connectivity index (χ1n) is 13.1. The summed E-state index contributed by atoms with van der Waals surface area (Å²) in [5.41, 5.74) is -2.31. The normalized spacial score (nSPS) is 17.2. The first-order chi connectivity index (χ1) is 19.3. The molecule has 2 aliphatic rings. The summed E-state index contributed by atoms with van der Waals surface area (Å²) in [6.07, 6.45) is 4.49. The number of aromatic amines is 1. The maximum absolute atomic E-state index is 14.2. The molecule has 12 heteroatoms. The molecule has 40 heavy (non-hydrogen) atoms. The summed E-state index contributed by atoms with van der Waals surface area (Å²) in [6, 6.07) is 6.37. The Morgan fingerprint density at radius 1 is 1.05 bits per heavy atom. The lowest BCUT2D eigenvalue weighted by Gasteiger charge is -2.32. The van der Waals surface area contributed by atoms with Gasteiger partial charge in [-0.15, -0.1) is 0 Å². The lowest BCUT2D eigenvalue weighted by molar-refractivity contribution is -0.145. The van der Waals surface area contributed by atoms with E-state index < -0.39 is 34.9 Å². The second-order valence-electron chi connectivity index (χ2n) is 9.57. The maximum atomic E-state index is 14.2. The molecule has 210 valence electrons. The molecule has 12 nitrogen and oxygen atoms in total. The molecule has 0 bridgehead atoms. The van der Waals surface area contributed by atoms with E-state index in [2.05, 4.69) is 10.3 Å². The summed E-state index contributed by atoms with van der Waals surface area (Å²) in [5.74, 6) is -4.94. The molecule has 1 atom stereocenters. The van der Waals surface area contributed by atoms with Crippen molar-refractivity contribution in [2.24, 2.45) is 0 Å². The number of methoxy groups -OCH3 is 2. The zero-order chi connectivity index (χ0) is 28.6. The van der Waals surface area contributed by atoms with Crippen LogP contribution in [-0.4, -0.2) is 54.2 Å². The quantitative estimate of drug-likeness (QED) is 0.265. The maximum Gasteiger partial charge on any atom is 0.344 e. The van der Waals surface area contributed by atoms with Crippen molar-refractivity contribution in [3.8, 4) is 5.75 Å². The molecular formula is C28H29N3O9. The summed E-state index contributed by atoms with van der Waals surface area (Å²) in [5, 5.41) is 3.18. The van der Waals surface area contributed by atoms with Crippen LogP contribution in [0.5, 0.6) is 5.75 Å². The number of fused-ring (bicyclic) bond motifs is 4. The zero-order valence-corrected chi connectivity index (χ0v) is 22.3. The number of esters is 3. The fourth-order valence-corrected chi connectivity index (χ4v) is 5.47. The number of nitrogens with one attached hydrogen (secondary N) is 2. The van der Waals surface area contributed by atoms with Gasteiger partial charge in [-0.1, -0.05) is 31.4 Å². The number of hydrogen-bond donors (Lipinski definition) is 2. The van der Waals surface area contributed by atoms with Gasteiger partial charge in [-0.05, 0) is 31.9 Å². The van der Waals surface area contributed by atoms with Crippen LogP contribution in [0.25, 0.3) is 16.6 Å². The Labute approximate surface area is 227 Å². The van der Waals surface area contributed by atoms with Crippen LogP contribution in [0.4, 0.5) is 0 Å². The summed E-state index contributed by atoms with van der Waals surface area (Å²) in [4.78, 5) is 70.2. The second-order valence-corrected chi connectivity index (χ2v) is 9.57. The third kappa shape index (κ3) is 4.38. The molecule has 5 rings (SSSR count). The van der Waals surface area contributed by atoms with Gasteiger partial charge in [-0.2, -0.15) is 0 Å². The molecule has 1 saturated carbocycles. The molecule has 1 aliphatic heterocycles. The van der Waals surface area contributed by atoms with E-state index in [4.69, 9.17) is 18.9 Å². The van der Waals surface area contributed by atoms with E-state index in [0.717, 1.165) is 50.7 Å². The fraction of sp³-hybridized carbons (Fsp3) is 0.393. The molecule has 0 spiro atoms. The third-order valence-electron chi connectivity index (χ3n) is 7.26. The fourth-order valence-electron chi connectivity index (χ4n) is 5.47. The van der Waals surface area contributed by atoms with Crippen LogP contribution in [0.2, 0.25) is 0 Å². The third-order valence-corrected chi connectivity index (χ3v) is 7.26. The van der Waals surface area contributed by atoms with Crippen molar-refractivity contribution in [1.82, 2.24) is 14.7 Å². The van der Waals surface area contributed by atoms with Gasteiger partial charge in [0.05, 0.1) is 37.4 Å². The number of para-hydroxylation sites is 2. The minimum Gasteiger partial charge on any atom is -0.468 e. The van der Waals surface area contributed by atoms with Gasteiger partial charge in [-0.25, -0.2) is 9.59 Å². The van der Waals surface area contributed by atoms with Gasteiger partial charge in [-0.3, -0.25) is 18.8 Å². The van der Waals surface area contributed by atoms with Gasteiger partial charge in [0.2, 0.25) is 5.88 Å².